The van der Waals surface area contributed by atoms with Gasteiger partial charge in [-0.2, -0.15) is 5.26 Å². The van der Waals surface area contributed by atoms with Crippen LogP contribution in [0.3, 0.4) is 0 Å². The molecule has 1 amide bonds. The number of nitriles is 1. The van der Waals surface area contributed by atoms with Gasteiger partial charge in [0.2, 0.25) is 0 Å². The zero-order valence-corrected chi connectivity index (χ0v) is 22.9. The van der Waals surface area contributed by atoms with Crippen molar-refractivity contribution in [2.45, 2.75) is 27.7 Å². The van der Waals surface area contributed by atoms with Crippen LogP contribution in [-0.2, 0) is 19.1 Å². The Balaban J connectivity index is 2.33. The number of carbonyl (C=O) groups excluding carboxylic acids is 3. The van der Waals surface area contributed by atoms with E-state index in [1.807, 2.05) is 35.6 Å². The van der Waals surface area contributed by atoms with Crippen molar-refractivity contribution >= 4 is 62.9 Å². The largest absolute Gasteiger partial charge is 0.493 e. The van der Waals surface area contributed by atoms with E-state index in [1.54, 1.807) is 32.9 Å². The van der Waals surface area contributed by atoms with Crippen molar-refractivity contribution < 1.29 is 33.3 Å². The van der Waals surface area contributed by atoms with Gasteiger partial charge in [0.15, 0.2) is 18.1 Å². The van der Waals surface area contributed by atoms with Crippen LogP contribution in [0.4, 0.5) is 5.00 Å². The van der Waals surface area contributed by atoms with Gasteiger partial charge in [0.05, 0.1) is 29.5 Å². The second-order valence-corrected chi connectivity index (χ2v) is 9.35. The van der Waals surface area contributed by atoms with E-state index in [0.717, 1.165) is 4.88 Å². The van der Waals surface area contributed by atoms with Gasteiger partial charge in [-0.3, -0.25) is 4.79 Å². The van der Waals surface area contributed by atoms with Crippen LogP contribution in [0.15, 0.2) is 17.7 Å². The van der Waals surface area contributed by atoms with Gasteiger partial charge in [-0.15, -0.1) is 11.3 Å². The number of anilines is 1. The lowest BCUT2D eigenvalue weighted by Gasteiger charge is -2.13. The quantitative estimate of drug-likeness (QED) is 0.178. The van der Waals surface area contributed by atoms with E-state index in [0.29, 0.717) is 31.2 Å². The highest BCUT2D eigenvalue weighted by Gasteiger charge is 2.23. The first kappa shape index (κ1) is 28.1. The average molecular weight is 612 g/mol. The Morgan fingerprint density at radius 3 is 2.46 bits per heavy atom. The first-order chi connectivity index (χ1) is 16.7. The smallest absolute Gasteiger partial charge is 0.344 e. The SMILES string of the molecule is CCOC(=O)COc1c(I)cc(/C=C(\C#N)C(=O)Nc2sc(C)c(C)c2C(=O)OCC)cc1OC. The molecule has 1 aromatic carbocycles. The highest BCUT2D eigenvalue weighted by molar-refractivity contribution is 14.1. The van der Waals surface area contributed by atoms with Gasteiger partial charge >= 0.3 is 11.9 Å². The summed E-state index contributed by atoms with van der Waals surface area (Å²) in [7, 11) is 1.44. The van der Waals surface area contributed by atoms with Gasteiger partial charge in [-0.25, -0.2) is 9.59 Å². The van der Waals surface area contributed by atoms with Crippen molar-refractivity contribution in [3.63, 3.8) is 0 Å². The predicted molar refractivity (Wildman–Crippen MR) is 140 cm³/mol. The van der Waals surface area contributed by atoms with Gasteiger partial charge in [0, 0.05) is 4.88 Å². The van der Waals surface area contributed by atoms with Crippen LogP contribution in [-0.4, -0.2) is 44.8 Å². The maximum Gasteiger partial charge on any atom is 0.344 e. The topological polar surface area (TPSA) is 124 Å². The Bertz CT molecular complexity index is 1200. The van der Waals surface area contributed by atoms with Gasteiger partial charge in [-0.1, -0.05) is 0 Å². The average Bonchev–Trinajstić information content (AvgIpc) is 3.09. The molecule has 11 heteroatoms. The van der Waals surface area contributed by atoms with Crippen molar-refractivity contribution in [1.29, 1.82) is 5.26 Å². The molecule has 0 aliphatic rings. The van der Waals surface area contributed by atoms with Gasteiger partial charge < -0.3 is 24.3 Å². The van der Waals surface area contributed by atoms with Crippen molar-refractivity contribution in [3.8, 4) is 17.6 Å². The highest BCUT2D eigenvalue weighted by Crippen LogP contribution is 2.35. The number of ether oxygens (including phenoxy) is 4. The van der Waals surface area contributed by atoms with Crippen molar-refractivity contribution in [2.24, 2.45) is 0 Å². The summed E-state index contributed by atoms with van der Waals surface area (Å²) in [4.78, 5) is 37.7. The third kappa shape index (κ3) is 7.19. The minimum absolute atomic E-state index is 0.179. The molecule has 1 aromatic heterocycles. The molecular formula is C24H25IN2O7S. The molecule has 1 heterocycles. The Morgan fingerprint density at radius 1 is 1.17 bits per heavy atom. The first-order valence-electron chi connectivity index (χ1n) is 10.5. The van der Waals surface area contributed by atoms with E-state index in [2.05, 4.69) is 5.32 Å². The van der Waals surface area contributed by atoms with Gasteiger partial charge in [0.1, 0.15) is 16.6 Å². The maximum absolute atomic E-state index is 12.9. The standard InChI is InChI=1S/C24H25IN2O7S/c1-6-32-19(28)12-34-21-17(25)9-15(10-18(21)31-5)8-16(11-26)22(29)27-23-20(24(30)33-7-2)13(3)14(4)35-23/h8-10H,6-7,12H2,1-5H3,(H,27,29)/b16-8+. The molecule has 0 atom stereocenters. The monoisotopic (exact) mass is 612 g/mol. The second-order valence-electron chi connectivity index (χ2n) is 6.96. The van der Waals surface area contributed by atoms with E-state index in [9.17, 15) is 19.6 Å². The molecule has 0 saturated carbocycles. The fraction of sp³-hybridized carbons (Fsp3) is 0.333. The first-order valence-corrected chi connectivity index (χ1v) is 12.4. The Morgan fingerprint density at radius 2 is 1.86 bits per heavy atom. The molecule has 0 bridgehead atoms. The van der Waals surface area contributed by atoms with Crippen LogP contribution in [0.25, 0.3) is 6.08 Å². The summed E-state index contributed by atoms with van der Waals surface area (Å²) in [6, 6.07) is 5.15. The molecule has 0 aliphatic heterocycles. The molecule has 35 heavy (non-hydrogen) atoms. The fourth-order valence-corrected chi connectivity index (χ4v) is 4.77. The molecule has 186 valence electrons. The molecule has 0 unspecified atom stereocenters. The lowest BCUT2D eigenvalue weighted by atomic mass is 10.1. The number of halogens is 1. The summed E-state index contributed by atoms with van der Waals surface area (Å²) in [5.74, 6) is -1.07. The van der Waals surface area contributed by atoms with Crippen molar-refractivity contribution in [1.82, 2.24) is 0 Å². The lowest BCUT2D eigenvalue weighted by molar-refractivity contribution is -0.145. The summed E-state index contributed by atoms with van der Waals surface area (Å²) in [6.45, 7) is 7.15. The third-order valence-electron chi connectivity index (χ3n) is 4.66. The molecule has 0 saturated heterocycles. The summed E-state index contributed by atoms with van der Waals surface area (Å²) in [5, 5.41) is 12.6. The summed E-state index contributed by atoms with van der Waals surface area (Å²) in [6.07, 6.45) is 1.40. The van der Waals surface area contributed by atoms with Crippen LogP contribution in [0, 0.1) is 28.7 Å². The van der Waals surface area contributed by atoms with E-state index in [-0.39, 0.29) is 31.0 Å². The number of nitrogens with one attached hydrogen (secondary N) is 1. The summed E-state index contributed by atoms with van der Waals surface area (Å²) < 4.78 is 21.5. The number of carbonyl (C=O) groups is 3. The third-order valence-corrected chi connectivity index (χ3v) is 6.58. The number of hydrogen-bond acceptors (Lipinski definition) is 9. The van der Waals surface area contributed by atoms with Gasteiger partial charge in [0.25, 0.3) is 5.91 Å². The van der Waals surface area contributed by atoms with Crippen LogP contribution in [0.2, 0.25) is 0 Å². The molecule has 2 aromatic rings. The van der Waals surface area contributed by atoms with E-state index in [4.69, 9.17) is 18.9 Å². The summed E-state index contributed by atoms with van der Waals surface area (Å²) in [5.41, 5.74) is 1.32. The lowest BCUT2D eigenvalue weighted by Crippen LogP contribution is -2.16. The molecule has 0 spiro atoms. The Hall–Kier alpha value is -3.11. The minimum Gasteiger partial charge on any atom is -0.493 e. The zero-order chi connectivity index (χ0) is 26.1. The number of nitrogens with zero attached hydrogens (tertiary/aromatic N) is 1. The number of rotatable bonds is 10. The normalized spacial score (nSPS) is 10.8. The number of thiophene rings is 1. The van der Waals surface area contributed by atoms with E-state index >= 15 is 0 Å². The Kier molecular flexibility index (Phi) is 10.5. The van der Waals surface area contributed by atoms with E-state index in [1.165, 1.54) is 24.5 Å². The molecule has 2 rings (SSSR count). The predicted octanol–water partition coefficient (Wildman–Crippen LogP) is 4.64. The van der Waals surface area contributed by atoms with Crippen LogP contribution < -0.4 is 14.8 Å². The van der Waals surface area contributed by atoms with Crippen molar-refractivity contribution in [3.05, 3.63) is 42.8 Å². The molecule has 9 nitrogen and oxygen atoms in total. The zero-order valence-electron chi connectivity index (χ0n) is 19.9. The molecule has 0 fully saturated rings. The molecule has 0 aliphatic carbocycles. The highest BCUT2D eigenvalue weighted by atomic mass is 127. The Labute approximate surface area is 221 Å². The number of hydrogen-bond donors (Lipinski definition) is 1. The summed E-state index contributed by atoms with van der Waals surface area (Å²) >= 11 is 3.24. The van der Waals surface area contributed by atoms with Gasteiger partial charge in [-0.05, 0) is 79.6 Å². The number of benzene rings is 1. The molecule has 1 N–H and O–H groups in total. The molecule has 0 radical (unpaired) electrons. The number of esters is 2. The number of methoxy groups -OCH3 is 1. The van der Waals surface area contributed by atoms with Crippen LogP contribution >= 0.6 is 33.9 Å². The number of amides is 1. The van der Waals surface area contributed by atoms with Crippen LogP contribution in [0.1, 0.15) is 40.2 Å². The molecular weight excluding hydrogens is 587 g/mol. The van der Waals surface area contributed by atoms with E-state index < -0.39 is 17.8 Å². The number of aryl methyl sites for hydroxylation is 1. The van der Waals surface area contributed by atoms with Crippen molar-refractivity contribution in [2.75, 3.05) is 32.2 Å². The minimum atomic E-state index is -0.670. The second kappa shape index (κ2) is 13.1. The maximum atomic E-state index is 12.9. The fourth-order valence-electron chi connectivity index (χ4n) is 2.95. The van der Waals surface area contributed by atoms with Crippen LogP contribution in [0.5, 0.6) is 11.5 Å².